The summed E-state index contributed by atoms with van der Waals surface area (Å²) in [6.07, 6.45) is 2.69. The minimum Gasteiger partial charge on any atom is -0.369 e. The van der Waals surface area contributed by atoms with E-state index in [9.17, 15) is 18.0 Å². The van der Waals surface area contributed by atoms with E-state index in [0.717, 1.165) is 12.8 Å². The van der Waals surface area contributed by atoms with E-state index in [1.165, 1.54) is 22.5 Å². The minimum absolute atomic E-state index is 0.0826. The fourth-order valence-corrected chi connectivity index (χ4v) is 5.19. The van der Waals surface area contributed by atoms with Gasteiger partial charge in [-0.15, -0.1) is 0 Å². The molecule has 142 valence electrons. The van der Waals surface area contributed by atoms with E-state index in [1.54, 1.807) is 4.90 Å². The van der Waals surface area contributed by atoms with Gasteiger partial charge in [-0.25, -0.2) is 8.42 Å². The topological polar surface area (TPSA) is 101 Å². The molecule has 26 heavy (non-hydrogen) atoms. The highest BCUT2D eigenvalue weighted by Crippen LogP contribution is 2.27. The molecular weight excluding hydrogens is 378 g/mol. The van der Waals surface area contributed by atoms with E-state index >= 15 is 0 Å². The van der Waals surface area contributed by atoms with E-state index < -0.39 is 10.0 Å². The lowest BCUT2D eigenvalue weighted by atomic mass is 9.96. The molecule has 1 aromatic carbocycles. The van der Waals surface area contributed by atoms with Crippen molar-refractivity contribution in [2.45, 2.75) is 30.6 Å². The lowest BCUT2D eigenvalue weighted by Gasteiger charge is -2.31. The van der Waals surface area contributed by atoms with Gasteiger partial charge in [0, 0.05) is 32.1 Å². The molecule has 0 bridgehead atoms. The fraction of sp³-hybridized carbons (Fsp3) is 0.529. The highest BCUT2D eigenvalue weighted by atomic mass is 35.5. The quantitative estimate of drug-likeness (QED) is 0.828. The van der Waals surface area contributed by atoms with Gasteiger partial charge in [0.05, 0.1) is 15.5 Å². The first-order valence-electron chi connectivity index (χ1n) is 8.69. The molecule has 7 nitrogen and oxygen atoms in total. The zero-order chi connectivity index (χ0) is 18.9. The molecule has 2 aliphatic rings. The van der Waals surface area contributed by atoms with Gasteiger partial charge in [0.1, 0.15) is 0 Å². The molecular formula is C17H22ClN3O4S. The molecule has 0 spiro atoms. The summed E-state index contributed by atoms with van der Waals surface area (Å²) in [4.78, 5) is 25.7. The van der Waals surface area contributed by atoms with Gasteiger partial charge in [-0.1, -0.05) is 11.6 Å². The minimum atomic E-state index is -3.62. The number of rotatable bonds is 4. The van der Waals surface area contributed by atoms with Crippen molar-refractivity contribution in [2.24, 2.45) is 11.7 Å². The van der Waals surface area contributed by atoms with Crippen LogP contribution in [0.3, 0.4) is 0 Å². The number of amides is 2. The number of sulfonamides is 1. The molecule has 0 aromatic heterocycles. The number of piperidine rings is 1. The van der Waals surface area contributed by atoms with E-state index in [0.29, 0.717) is 39.0 Å². The highest BCUT2D eigenvalue weighted by Gasteiger charge is 2.30. The van der Waals surface area contributed by atoms with Gasteiger partial charge in [0.15, 0.2) is 0 Å². The summed E-state index contributed by atoms with van der Waals surface area (Å²) >= 11 is 6.17. The lowest BCUT2D eigenvalue weighted by Crippen LogP contribution is -2.41. The first kappa shape index (κ1) is 19.1. The third kappa shape index (κ3) is 3.72. The van der Waals surface area contributed by atoms with Crippen molar-refractivity contribution in [1.82, 2.24) is 9.21 Å². The summed E-state index contributed by atoms with van der Waals surface area (Å²) in [5, 5.41) is 0.215. The van der Waals surface area contributed by atoms with Crippen LogP contribution in [-0.4, -0.2) is 55.6 Å². The van der Waals surface area contributed by atoms with Crippen LogP contribution in [-0.2, 0) is 14.8 Å². The van der Waals surface area contributed by atoms with Gasteiger partial charge in [0.2, 0.25) is 15.9 Å². The molecule has 2 fully saturated rings. The van der Waals surface area contributed by atoms with Crippen molar-refractivity contribution in [3.05, 3.63) is 28.8 Å². The number of benzene rings is 1. The second-order valence-corrected chi connectivity index (χ2v) is 9.07. The normalized spacial score (nSPS) is 19.7. The van der Waals surface area contributed by atoms with Crippen LogP contribution in [0.25, 0.3) is 0 Å². The largest absolute Gasteiger partial charge is 0.369 e. The molecule has 1 aromatic rings. The predicted octanol–water partition coefficient (Wildman–Crippen LogP) is 1.46. The third-order valence-corrected chi connectivity index (χ3v) is 7.28. The summed E-state index contributed by atoms with van der Waals surface area (Å²) in [6, 6.07) is 4.25. The van der Waals surface area contributed by atoms with Gasteiger partial charge in [-0.3, -0.25) is 9.59 Å². The highest BCUT2D eigenvalue weighted by molar-refractivity contribution is 7.89. The Morgan fingerprint density at radius 1 is 1.08 bits per heavy atom. The Bertz CT molecular complexity index is 813. The van der Waals surface area contributed by atoms with E-state index in [1.807, 2.05) is 0 Å². The van der Waals surface area contributed by atoms with Crippen molar-refractivity contribution in [1.29, 1.82) is 0 Å². The number of halogens is 1. The van der Waals surface area contributed by atoms with Crippen molar-refractivity contribution in [3.8, 4) is 0 Å². The molecule has 0 atom stereocenters. The van der Waals surface area contributed by atoms with E-state index in [-0.39, 0.29) is 33.2 Å². The Morgan fingerprint density at radius 2 is 1.69 bits per heavy atom. The van der Waals surface area contributed by atoms with Crippen LogP contribution in [0.1, 0.15) is 36.0 Å². The average Bonchev–Trinajstić information content (AvgIpc) is 3.17. The molecule has 2 heterocycles. The maximum absolute atomic E-state index is 12.8. The molecule has 9 heteroatoms. The summed E-state index contributed by atoms with van der Waals surface area (Å²) < 4.78 is 26.9. The number of nitrogens with two attached hydrogens (primary N) is 1. The Kier molecular flexibility index (Phi) is 5.55. The Labute approximate surface area is 158 Å². The monoisotopic (exact) mass is 399 g/mol. The Balaban J connectivity index is 1.82. The van der Waals surface area contributed by atoms with Gasteiger partial charge in [0.25, 0.3) is 5.91 Å². The maximum Gasteiger partial charge on any atom is 0.255 e. The fourth-order valence-electron chi connectivity index (χ4n) is 3.44. The van der Waals surface area contributed by atoms with Crippen LogP contribution in [0.4, 0.5) is 0 Å². The maximum atomic E-state index is 12.8. The summed E-state index contributed by atoms with van der Waals surface area (Å²) in [7, 11) is -3.62. The molecule has 2 saturated heterocycles. The molecule has 2 amide bonds. The SMILES string of the molecule is NC(=O)C1CCN(C(=O)c2cc(S(=O)(=O)N3CCCC3)ccc2Cl)CC1. The van der Waals surface area contributed by atoms with Crippen LogP contribution >= 0.6 is 11.6 Å². The Hall–Kier alpha value is -1.64. The lowest BCUT2D eigenvalue weighted by molar-refractivity contribution is -0.123. The number of primary amides is 1. The van der Waals surface area contributed by atoms with E-state index in [4.69, 9.17) is 17.3 Å². The third-order valence-electron chi connectivity index (χ3n) is 5.06. The van der Waals surface area contributed by atoms with E-state index in [2.05, 4.69) is 0 Å². The van der Waals surface area contributed by atoms with Crippen LogP contribution < -0.4 is 5.73 Å². The molecule has 2 aliphatic heterocycles. The summed E-state index contributed by atoms with van der Waals surface area (Å²) in [6.45, 7) is 1.78. The Morgan fingerprint density at radius 3 is 2.27 bits per heavy atom. The van der Waals surface area contributed by atoms with Crippen molar-refractivity contribution in [3.63, 3.8) is 0 Å². The molecule has 0 radical (unpaired) electrons. The summed E-state index contributed by atoms with van der Waals surface area (Å²) in [5.74, 6) is -0.901. The number of carbonyl (C=O) groups is 2. The number of nitrogens with zero attached hydrogens (tertiary/aromatic N) is 2. The first-order valence-corrected chi connectivity index (χ1v) is 10.5. The van der Waals surface area contributed by atoms with Gasteiger partial charge in [-0.2, -0.15) is 4.31 Å². The number of hydrogen-bond donors (Lipinski definition) is 1. The van der Waals surface area contributed by atoms with Gasteiger partial charge in [-0.05, 0) is 43.9 Å². The van der Waals surface area contributed by atoms with Gasteiger partial charge < -0.3 is 10.6 Å². The van der Waals surface area contributed by atoms with Crippen molar-refractivity contribution < 1.29 is 18.0 Å². The molecule has 3 rings (SSSR count). The van der Waals surface area contributed by atoms with Crippen LogP contribution in [0, 0.1) is 5.92 Å². The molecule has 0 unspecified atom stereocenters. The standard InChI is InChI=1S/C17H22ClN3O4S/c18-15-4-3-13(26(24,25)21-7-1-2-8-21)11-14(15)17(23)20-9-5-12(6-10-20)16(19)22/h3-4,11-12H,1-2,5-10H2,(H2,19,22). The molecule has 0 aliphatic carbocycles. The van der Waals surface area contributed by atoms with Crippen LogP contribution in [0.15, 0.2) is 23.1 Å². The number of hydrogen-bond acceptors (Lipinski definition) is 4. The first-order chi connectivity index (χ1) is 12.3. The van der Waals surface area contributed by atoms with Crippen molar-refractivity contribution >= 4 is 33.4 Å². The second kappa shape index (κ2) is 7.54. The van der Waals surface area contributed by atoms with Crippen LogP contribution in [0.5, 0.6) is 0 Å². The zero-order valence-corrected chi connectivity index (χ0v) is 15.9. The van der Waals surface area contributed by atoms with Crippen LogP contribution in [0.2, 0.25) is 5.02 Å². The average molecular weight is 400 g/mol. The number of carbonyl (C=O) groups excluding carboxylic acids is 2. The second-order valence-electron chi connectivity index (χ2n) is 6.72. The summed E-state index contributed by atoms with van der Waals surface area (Å²) in [5.41, 5.74) is 5.49. The smallest absolute Gasteiger partial charge is 0.255 e. The molecule has 2 N–H and O–H groups in total. The van der Waals surface area contributed by atoms with Crippen molar-refractivity contribution in [2.75, 3.05) is 26.2 Å². The zero-order valence-electron chi connectivity index (χ0n) is 14.4. The van der Waals surface area contributed by atoms with Gasteiger partial charge >= 0.3 is 0 Å². The predicted molar refractivity (Wildman–Crippen MR) is 97.3 cm³/mol. The molecule has 0 saturated carbocycles. The number of likely N-dealkylation sites (tertiary alicyclic amines) is 1.